The number of ether oxygens (including phenoxy) is 2. The molecular formula is C15H11BrF3NO4. The highest BCUT2D eigenvalue weighted by molar-refractivity contribution is 9.10. The van der Waals surface area contributed by atoms with Crippen molar-refractivity contribution in [1.82, 2.24) is 0 Å². The molecule has 0 bridgehead atoms. The van der Waals surface area contributed by atoms with Gasteiger partial charge >= 0.3 is 11.9 Å². The van der Waals surface area contributed by atoms with E-state index in [4.69, 9.17) is 9.47 Å². The van der Waals surface area contributed by atoms with Crippen LogP contribution in [0.25, 0.3) is 0 Å². The van der Waals surface area contributed by atoms with Crippen LogP contribution in [0.2, 0.25) is 0 Å². The van der Waals surface area contributed by atoms with Crippen molar-refractivity contribution in [2.45, 2.75) is 13.1 Å². The van der Waals surface area contributed by atoms with Crippen LogP contribution in [0.1, 0.15) is 12.5 Å². The summed E-state index contributed by atoms with van der Waals surface area (Å²) in [6.07, 6.45) is -4.46. The Balaban J connectivity index is 2.31. The van der Waals surface area contributed by atoms with Gasteiger partial charge in [0.2, 0.25) is 5.75 Å². The molecule has 0 amide bonds. The molecular weight excluding hydrogens is 395 g/mol. The number of nitro groups is 1. The van der Waals surface area contributed by atoms with E-state index in [0.717, 1.165) is 18.2 Å². The van der Waals surface area contributed by atoms with E-state index in [-0.39, 0.29) is 34.0 Å². The van der Waals surface area contributed by atoms with Crippen LogP contribution >= 0.6 is 15.9 Å². The van der Waals surface area contributed by atoms with Crippen LogP contribution in [0.5, 0.6) is 17.2 Å². The molecule has 0 saturated heterocycles. The van der Waals surface area contributed by atoms with E-state index in [1.807, 2.05) is 0 Å². The molecule has 0 aliphatic rings. The number of rotatable bonds is 5. The first-order chi connectivity index (χ1) is 11.2. The summed E-state index contributed by atoms with van der Waals surface area (Å²) < 4.78 is 48.7. The molecule has 24 heavy (non-hydrogen) atoms. The van der Waals surface area contributed by atoms with Gasteiger partial charge in [-0.15, -0.1) is 0 Å². The zero-order chi connectivity index (χ0) is 17.9. The lowest BCUT2D eigenvalue weighted by atomic mass is 10.2. The minimum atomic E-state index is -4.46. The molecule has 0 aliphatic carbocycles. The lowest BCUT2D eigenvalue weighted by molar-refractivity contribution is -0.385. The van der Waals surface area contributed by atoms with Crippen molar-refractivity contribution in [3.05, 3.63) is 56.5 Å². The van der Waals surface area contributed by atoms with Gasteiger partial charge in [0.25, 0.3) is 0 Å². The zero-order valence-electron chi connectivity index (χ0n) is 12.3. The predicted octanol–water partition coefficient (Wildman–Crippen LogP) is 5.57. The third kappa shape index (κ3) is 4.16. The number of nitrogens with zero attached hydrogens (tertiary/aromatic N) is 1. The summed E-state index contributed by atoms with van der Waals surface area (Å²) in [4.78, 5) is 10.3. The van der Waals surface area contributed by atoms with Crippen molar-refractivity contribution in [2.24, 2.45) is 0 Å². The highest BCUT2D eigenvalue weighted by Gasteiger charge is 2.31. The molecule has 5 nitrogen and oxygen atoms in total. The second-order valence-electron chi connectivity index (χ2n) is 4.56. The van der Waals surface area contributed by atoms with Crippen molar-refractivity contribution in [3.8, 4) is 17.2 Å². The van der Waals surface area contributed by atoms with E-state index in [9.17, 15) is 23.3 Å². The lowest BCUT2D eigenvalue weighted by Gasteiger charge is -2.12. The summed E-state index contributed by atoms with van der Waals surface area (Å²) in [6, 6.07) is 6.79. The molecule has 2 aromatic rings. The zero-order valence-corrected chi connectivity index (χ0v) is 13.8. The van der Waals surface area contributed by atoms with Crippen molar-refractivity contribution >= 4 is 21.6 Å². The van der Waals surface area contributed by atoms with E-state index in [1.165, 1.54) is 18.2 Å². The topological polar surface area (TPSA) is 61.6 Å². The van der Waals surface area contributed by atoms with Crippen LogP contribution < -0.4 is 9.47 Å². The smallest absolute Gasteiger partial charge is 0.416 e. The molecule has 2 rings (SSSR count). The Morgan fingerprint density at radius 3 is 2.42 bits per heavy atom. The fourth-order valence-electron chi connectivity index (χ4n) is 1.87. The van der Waals surface area contributed by atoms with Gasteiger partial charge in [-0.3, -0.25) is 10.1 Å². The Bertz CT molecular complexity index is 765. The van der Waals surface area contributed by atoms with Crippen molar-refractivity contribution in [3.63, 3.8) is 0 Å². The standard InChI is InChI=1S/C15H11BrF3NO4/c1-2-23-14-8-10(4-5-12(14)20(21)22)24-13-6-3-9(7-11(13)16)15(17,18)19/h3-8H,2H2,1H3. The highest BCUT2D eigenvalue weighted by Crippen LogP contribution is 2.38. The quantitative estimate of drug-likeness (QED) is 0.482. The predicted molar refractivity (Wildman–Crippen MR) is 83.5 cm³/mol. The maximum Gasteiger partial charge on any atom is 0.416 e. The molecule has 0 spiro atoms. The van der Waals surface area contributed by atoms with E-state index in [1.54, 1.807) is 6.92 Å². The molecule has 2 aromatic carbocycles. The number of benzene rings is 2. The van der Waals surface area contributed by atoms with Gasteiger partial charge in [0.05, 0.1) is 21.6 Å². The fourth-order valence-corrected chi connectivity index (χ4v) is 2.33. The van der Waals surface area contributed by atoms with Gasteiger partial charge in [-0.05, 0) is 47.1 Å². The van der Waals surface area contributed by atoms with Crippen LogP contribution in [0, 0.1) is 10.1 Å². The highest BCUT2D eigenvalue weighted by atomic mass is 79.9. The first-order valence-corrected chi connectivity index (χ1v) is 7.47. The largest absolute Gasteiger partial charge is 0.487 e. The van der Waals surface area contributed by atoms with Crippen molar-refractivity contribution < 1.29 is 27.6 Å². The maximum atomic E-state index is 12.6. The second-order valence-corrected chi connectivity index (χ2v) is 5.42. The Labute approximate surface area is 143 Å². The summed E-state index contributed by atoms with van der Waals surface area (Å²) in [5, 5.41) is 10.9. The second kappa shape index (κ2) is 7.08. The van der Waals surface area contributed by atoms with Gasteiger partial charge in [0.15, 0.2) is 0 Å². The molecule has 0 fully saturated rings. The number of alkyl halides is 3. The average Bonchev–Trinajstić information content (AvgIpc) is 2.48. The third-order valence-corrected chi connectivity index (χ3v) is 3.53. The molecule has 0 aliphatic heterocycles. The molecule has 9 heteroatoms. The number of hydrogen-bond donors (Lipinski definition) is 0. The van der Waals surface area contributed by atoms with Crippen LogP contribution in [0.4, 0.5) is 18.9 Å². The summed E-state index contributed by atoms with van der Waals surface area (Å²) in [5.41, 5.74) is -1.05. The summed E-state index contributed by atoms with van der Waals surface area (Å²) in [6.45, 7) is 1.89. The molecule has 0 atom stereocenters. The van der Waals surface area contributed by atoms with E-state index in [0.29, 0.717) is 0 Å². The minimum Gasteiger partial charge on any atom is -0.487 e. The van der Waals surface area contributed by atoms with Crippen LogP contribution in [0.3, 0.4) is 0 Å². The van der Waals surface area contributed by atoms with Gasteiger partial charge in [-0.25, -0.2) is 0 Å². The molecule has 0 saturated carbocycles. The summed E-state index contributed by atoms with van der Waals surface area (Å²) in [5.74, 6) is 0.354. The van der Waals surface area contributed by atoms with Crippen molar-refractivity contribution in [1.29, 1.82) is 0 Å². The lowest BCUT2D eigenvalue weighted by Crippen LogP contribution is -2.04. The van der Waals surface area contributed by atoms with Crippen LogP contribution in [-0.2, 0) is 6.18 Å². The molecule has 0 heterocycles. The Hall–Kier alpha value is -2.29. The fraction of sp³-hybridized carbons (Fsp3) is 0.200. The van der Waals surface area contributed by atoms with E-state index in [2.05, 4.69) is 15.9 Å². The number of hydrogen-bond acceptors (Lipinski definition) is 4. The summed E-state index contributed by atoms with van der Waals surface area (Å²) >= 11 is 3.02. The van der Waals surface area contributed by atoms with E-state index >= 15 is 0 Å². The number of halogens is 4. The van der Waals surface area contributed by atoms with Crippen LogP contribution in [-0.4, -0.2) is 11.5 Å². The normalized spacial score (nSPS) is 11.2. The third-order valence-electron chi connectivity index (χ3n) is 2.91. The Kier molecular flexibility index (Phi) is 5.33. The first-order valence-electron chi connectivity index (χ1n) is 6.68. The van der Waals surface area contributed by atoms with Crippen LogP contribution in [0.15, 0.2) is 40.9 Å². The Morgan fingerprint density at radius 2 is 1.88 bits per heavy atom. The minimum absolute atomic E-state index is 0.0167. The first kappa shape index (κ1) is 18.1. The number of nitro benzene ring substituents is 1. The van der Waals surface area contributed by atoms with Gasteiger partial charge in [0, 0.05) is 12.1 Å². The van der Waals surface area contributed by atoms with Gasteiger partial charge in [-0.1, -0.05) is 0 Å². The molecule has 0 unspecified atom stereocenters. The SMILES string of the molecule is CCOc1cc(Oc2ccc(C(F)(F)F)cc2Br)ccc1[N+](=O)[O-]. The van der Waals surface area contributed by atoms with Crippen molar-refractivity contribution in [2.75, 3.05) is 6.61 Å². The molecule has 128 valence electrons. The maximum absolute atomic E-state index is 12.6. The molecule has 0 aromatic heterocycles. The molecule has 0 N–H and O–H groups in total. The Morgan fingerprint density at radius 1 is 1.17 bits per heavy atom. The van der Waals surface area contributed by atoms with Gasteiger partial charge in [-0.2, -0.15) is 13.2 Å². The average molecular weight is 406 g/mol. The van der Waals surface area contributed by atoms with Gasteiger partial charge in [0.1, 0.15) is 11.5 Å². The monoisotopic (exact) mass is 405 g/mol. The van der Waals surface area contributed by atoms with Gasteiger partial charge < -0.3 is 9.47 Å². The molecule has 0 radical (unpaired) electrons. The summed E-state index contributed by atoms with van der Waals surface area (Å²) in [7, 11) is 0. The van der Waals surface area contributed by atoms with E-state index < -0.39 is 16.7 Å².